The van der Waals surface area contributed by atoms with Crippen molar-refractivity contribution in [1.82, 2.24) is 4.98 Å². The van der Waals surface area contributed by atoms with E-state index in [0.29, 0.717) is 0 Å². The fourth-order valence-corrected chi connectivity index (χ4v) is 3.59. The monoisotopic (exact) mass is 294 g/mol. The molecule has 104 valence electrons. The van der Waals surface area contributed by atoms with Crippen molar-refractivity contribution in [3.63, 3.8) is 0 Å². The second kappa shape index (κ2) is 7.75. The summed E-state index contributed by atoms with van der Waals surface area (Å²) >= 11 is 3.49. The van der Waals surface area contributed by atoms with Crippen molar-refractivity contribution in [3.05, 3.63) is 18.2 Å². The molecule has 2 rings (SSSR count). The molecule has 0 radical (unpaired) electrons. The minimum Gasteiger partial charge on any atom is -0.385 e. The standard InChI is InChI=1S/C15H22N2S2/c1-3-4-5-6-7-10-16-12-8-9-13-14(11-12)19-15(17-13)18-2/h8-9,11,16H,3-7,10H2,1-2H3. The van der Waals surface area contributed by atoms with Gasteiger partial charge in [-0.25, -0.2) is 4.98 Å². The van der Waals surface area contributed by atoms with Crippen molar-refractivity contribution in [2.24, 2.45) is 0 Å². The highest BCUT2D eigenvalue weighted by Gasteiger charge is 2.03. The minimum atomic E-state index is 1.07. The summed E-state index contributed by atoms with van der Waals surface area (Å²) in [5.74, 6) is 0. The predicted octanol–water partition coefficient (Wildman–Crippen LogP) is 5.40. The first-order valence-electron chi connectivity index (χ1n) is 7.02. The van der Waals surface area contributed by atoms with Gasteiger partial charge in [0.25, 0.3) is 0 Å². The van der Waals surface area contributed by atoms with Crippen molar-refractivity contribution in [1.29, 1.82) is 0 Å². The number of thioether (sulfide) groups is 1. The third-order valence-corrected chi connectivity index (χ3v) is 5.16. The molecule has 2 nitrogen and oxygen atoms in total. The Bertz CT molecular complexity index is 508. The molecule has 0 saturated carbocycles. The number of hydrogen-bond donors (Lipinski definition) is 1. The molecule has 0 aliphatic heterocycles. The number of nitrogens with zero attached hydrogens (tertiary/aromatic N) is 1. The maximum Gasteiger partial charge on any atom is 0.150 e. The lowest BCUT2D eigenvalue weighted by molar-refractivity contribution is 0.645. The van der Waals surface area contributed by atoms with E-state index in [1.165, 1.54) is 42.5 Å². The van der Waals surface area contributed by atoms with Crippen molar-refractivity contribution < 1.29 is 0 Å². The number of nitrogens with one attached hydrogen (secondary N) is 1. The van der Waals surface area contributed by atoms with Crippen molar-refractivity contribution in [2.75, 3.05) is 18.1 Å². The van der Waals surface area contributed by atoms with Gasteiger partial charge in [-0.2, -0.15) is 0 Å². The van der Waals surface area contributed by atoms with Gasteiger partial charge >= 0.3 is 0 Å². The van der Waals surface area contributed by atoms with Gasteiger partial charge in [-0.1, -0.05) is 44.4 Å². The first-order chi connectivity index (χ1) is 9.33. The Kier molecular flexibility index (Phi) is 5.98. The molecule has 0 bridgehead atoms. The van der Waals surface area contributed by atoms with Gasteiger partial charge in [0, 0.05) is 12.2 Å². The van der Waals surface area contributed by atoms with Crippen LogP contribution in [0.2, 0.25) is 0 Å². The van der Waals surface area contributed by atoms with E-state index >= 15 is 0 Å². The number of anilines is 1. The minimum absolute atomic E-state index is 1.07. The zero-order chi connectivity index (χ0) is 13.5. The largest absolute Gasteiger partial charge is 0.385 e. The predicted molar refractivity (Wildman–Crippen MR) is 88.6 cm³/mol. The first kappa shape index (κ1) is 14.7. The lowest BCUT2D eigenvalue weighted by atomic mass is 10.1. The van der Waals surface area contributed by atoms with E-state index in [4.69, 9.17) is 0 Å². The third kappa shape index (κ3) is 4.39. The highest BCUT2D eigenvalue weighted by Crippen LogP contribution is 2.29. The van der Waals surface area contributed by atoms with Gasteiger partial charge in [-0.05, 0) is 30.9 Å². The summed E-state index contributed by atoms with van der Waals surface area (Å²) in [5, 5.41) is 3.51. The molecule has 1 aromatic carbocycles. The molecule has 0 aliphatic rings. The molecular weight excluding hydrogens is 272 g/mol. The molecule has 0 saturated heterocycles. The Labute approximate surface area is 124 Å². The van der Waals surface area contributed by atoms with E-state index in [9.17, 15) is 0 Å². The molecular formula is C15H22N2S2. The maximum absolute atomic E-state index is 4.56. The summed E-state index contributed by atoms with van der Waals surface area (Å²) < 4.78 is 2.42. The van der Waals surface area contributed by atoms with E-state index in [-0.39, 0.29) is 0 Å². The summed E-state index contributed by atoms with van der Waals surface area (Å²) in [6, 6.07) is 6.47. The molecule has 0 aliphatic carbocycles. The molecule has 4 heteroatoms. The van der Waals surface area contributed by atoms with Gasteiger partial charge in [0.1, 0.15) is 0 Å². The number of benzene rings is 1. The normalized spacial score (nSPS) is 11.1. The Hall–Kier alpha value is -0.740. The van der Waals surface area contributed by atoms with Crippen LogP contribution in [0.15, 0.2) is 22.5 Å². The zero-order valence-electron chi connectivity index (χ0n) is 11.7. The smallest absolute Gasteiger partial charge is 0.150 e. The number of hydrogen-bond acceptors (Lipinski definition) is 4. The second-order valence-corrected chi connectivity index (χ2v) is 6.79. The average Bonchev–Trinajstić information content (AvgIpc) is 2.85. The molecule has 1 N–H and O–H groups in total. The molecule has 0 unspecified atom stereocenters. The van der Waals surface area contributed by atoms with Crippen LogP contribution in [0.25, 0.3) is 10.2 Å². The molecule has 1 heterocycles. The van der Waals surface area contributed by atoms with Gasteiger partial charge in [0.2, 0.25) is 0 Å². The van der Waals surface area contributed by atoms with Crippen LogP contribution in [0.4, 0.5) is 5.69 Å². The topological polar surface area (TPSA) is 24.9 Å². The number of unbranched alkanes of at least 4 members (excludes halogenated alkanes) is 4. The van der Waals surface area contributed by atoms with Crippen LogP contribution in [0.5, 0.6) is 0 Å². The van der Waals surface area contributed by atoms with Crippen LogP contribution in [0.3, 0.4) is 0 Å². The fraction of sp³-hybridized carbons (Fsp3) is 0.533. The Morgan fingerprint density at radius 1 is 1.21 bits per heavy atom. The average molecular weight is 294 g/mol. The summed E-state index contributed by atoms with van der Waals surface area (Å²) in [4.78, 5) is 4.56. The third-order valence-electron chi connectivity index (χ3n) is 3.15. The van der Waals surface area contributed by atoms with E-state index in [0.717, 1.165) is 16.4 Å². The van der Waals surface area contributed by atoms with E-state index in [2.05, 4.69) is 41.7 Å². The SMILES string of the molecule is CCCCCCCNc1ccc2nc(SC)sc2c1. The molecule has 0 spiro atoms. The fourth-order valence-electron chi connectivity index (χ4n) is 2.06. The van der Waals surface area contributed by atoms with E-state index < -0.39 is 0 Å². The van der Waals surface area contributed by atoms with Gasteiger partial charge in [-0.15, -0.1) is 11.3 Å². The van der Waals surface area contributed by atoms with E-state index in [1.807, 2.05) is 0 Å². The molecule has 1 aromatic heterocycles. The van der Waals surface area contributed by atoms with Gasteiger partial charge in [0.15, 0.2) is 4.34 Å². The van der Waals surface area contributed by atoms with Crippen LogP contribution in [-0.4, -0.2) is 17.8 Å². The molecule has 0 amide bonds. The number of fused-ring (bicyclic) bond motifs is 1. The van der Waals surface area contributed by atoms with Crippen LogP contribution in [0.1, 0.15) is 39.0 Å². The Morgan fingerprint density at radius 3 is 2.84 bits per heavy atom. The van der Waals surface area contributed by atoms with Crippen LogP contribution >= 0.6 is 23.1 Å². The summed E-state index contributed by atoms with van der Waals surface area (Å²) in [7, 11) is 0. The van der Waals surface area contributed by atoms with Crippen molar-refractivity contribution in [3.8, 4) is 0 Å². The quantitative estimate of drug-likeness (QED) is 0.521. The second-order valence-electron chi connectivity index (χ2n) is 4.71. The zero-order valence-corrected chi connectivity index (χ0v) is 13.4. The van der Waals surface area contributed by atoms with Gasteiger partial charge < -0.3 is 5.32 Å². The lowest BCUT2D eigenvalue weighted by Gasteiger charge is -2.05. The number of aromatic nitrogens is 1. The number of rotatable bonds is 8. The highest BCUT2D eigenvalue weighted by molar-refractivity contribution is 8.00. The van der Waals surface area contributed by atoms with Crippen LogP contribution < -0.4 is 5.32 Å². The Morgan fingerprint density at radius 2 is 2.05 bits per heavy atom. The molecule has 19 heavy (non-hydrogen) atoms. The van der Waals surface area contributed by atoms with Crippen LogP contribution in [0, 0.1) is 0 Å². The molecule has 0 atom stereocenters. The summed E-state index contributed by atoms with van der Waals surface area (Å²) in [5.41, 5.74) is 2.34. The Balaban J connectivity index is 1.83. The summed E-state index contributed by atoms with van der Waals surface area (Å²) in [6.45, 7) is 3.33. The van der Waals surface area contributed by atoms with Gasteiger partial charge in [0.05, 0.1) is 10.2 Å². The van der Waals surface area contributed by atoms with Gasteiger partial charge in [-0.3, -0.25) is 0 Å². The van der Waals surface area contributed by atoms with E-state index in [1.54, 1.807) is 23.1 Å². The number of thiazole rings is 1. The lowest BCUT2D eigenvalue weighted by Crippen LogP contribution is -2.00. The summed E-state index contributed by atoms with van der Waals surface area (Å²) in [6.07, 6.45) is 8.71. The molecule has 2 aromatic rings. The maximum atomic E-state index is 4.56. The molecule has 0 fully saturated rings. The van der Waals surface area contributed by atoms with Crippen molar-refractivity contribution in [2.45, 2.75) is 43.4 Å². The van der Waals surface area contributed by atoms with Crippen molar-refractivity contribution >= 4 is 39.0 Å². The first-order valence-corrected chi connectivity index (χ1v) is 9.06. The highest BCUT2D eigenvalue weighted by atomic mass is 32.2. The van der Waals surface area contributed by atoms with Crippen LogP contribution in [-0.2, 0) is 0 Å².